The lowest BCUT2D eigenvalue weighted by Crippen LogP contribution is -2.56. The van der Waals surface area contributed by atoms with E-state index in [1.54, 1.807) is 0 Å². The summed E-state index contributed by atoms with van der Waals surface area (Å²) in [5.41, 5.74) is 1.15. The van der Waals surface area contributed by atoms with Crippen LogP contribution in [-0.4, -0.2) is 34.2 Å². The van der Waals surface area contributed by atoms with Crippen molar-refractivity contribution in [3.63, 3.8) is 0 Å². The summed E-state index contributed by atoms with van der Waals surface area (Å²) in [6.07, 6.45) is 0.0522. The van der Waals surface area contributed by atoms with Gasteiger partial charge in [-0.25, -0.2) is 0 Å². The summed E-state index contributed by atoms with van der Waals surface area (Å²) in [5, 5.41) is 2.15. The third-order valence-corrected chi connectivity index (χ3v) is 2.31. The van der Waals surface area contributed by atoms with Crippen molar-refractivity contribution in [2.24, 2.45) is 0 Å². The standard InChI is InChI=1S/C10H11B2NO/c11-10(12)7-14-9(6-13-10)8-4-2-1-3-5-8/h1-5,9,13H,6-7H2. The molecule has 1 saturated heterocycles. The number of morpholine rings is 1. The molecule has 1 aromatic carbocycles. The van der Waals surface area contributed by atoms with Gasteiger partial charge < -0.3 is 10.1 Å². The topological polar surface area (TPSA) is 21.3 Å². The smallest absolute Gasteiger partial charge is 0.0948 e. The molecule has 68 valence electrons. The van der Waals surface area contributed by atoms with Gasteiger partial charge in [0, 0.05) is 13.2 Å². The molecule has 0 saturated carbocycles. The quantitative estimate of drug-likeness (QED) is 0.633. The van der Waals surface area contributed by atoms with Crippen molar-refractivity contribution in [3.05, 3.63) is 35.9 Å². The highest BCUT2D eigenvalue weighted by molar-refractivity contribution is 6.40. The van der Waals surface area contributed by atoms with E-state index in [1.807, 2.05) is 30.3 Å². The van der Waals surface area contributed by atoms with Gasteiger partial charge in [-0.2, -0.15) is 0 Å². The molecule has 4 heteroatoms. The zero-order chi connectivity index (χ0) is 10.0. The average molecular weight is 183 g/mol. The van der Waals surface area contributed by atoms with Gasteiger partial charge in [0.05, 0.1) is 21.8 Å². The molecule has 2 nitrogen and oxygen atoms in total. The number of benzene rings is 1. The molecular weight excluding hydrogens is 172 g/mol. The van der Waals surface area contributed by atoms with Gasteiger partial charge in [0.1, 0.15) is 0 Å². The van der Waals surface area contributed by atoms with Crippen LogP contribution in [0.15, 0.2) is 30.3 Å². The molecule has 1 aliphatic heterocycles. The summed E-state index contributed by atoms with van der Waals surface area (Å²) in [6.45, 7) is 0.976. The lowest BCUT2D eigenvalue weighted by Gasteiger charge is -2.37. The lowest BCUT2D eigenvalue weighted by molar-refractivity contribution is 0.0100. The molecular formula is C10H11B2NO. The second-order valence-corrected chi connectivity index (χ2v) is 3.63. The summed E-state index contributed by atoms with van der Waals surface area (Å²) >= 11 is 0. The van der Waals surface area contributed by atoms with Crippen LogP contribution in [0.1, 0.15) is 11.7 Å². The van der Waals surface area contributed by atoms with E-state index in [1.165, 1.54) is 0 Å². The fraction of sp³-hybridized carbons (Fsp3) is 0.400. The molecule has 1 aliphatic rings. The van der Waals surface area contributed by atoms with Crippen LogP contribution < -0.4 is 5.32 Å². The Bertz CT molecular complexity index is 292. The van der Waals surface area contributed by atoms with Crippen molar-refractivity contribution in [2.45, 2.75) is 11.4 Å². The molecule has 0 bridgehead atoms. The third kappa shape index (κ3) is 2.20. The van der Waals surface area contributed by atoms with Gasteiger partial charge >= 0.3 is 0 Å². The Balaban J connectivity index is 2.03. The van der Waals surface area contributed by atoms with Gasteiger partial charge in [-0.1, -0.05) is 30.3 Å². The second-order valence-electron chi connectivity index (χ2n) is 3.63. The van der Waals surface area contributed by atoms with Crippen LogP contribution in [0, 0.1) is 0 Å². The number of hydrogen-bond donors (Lipinski definition) is 1. The zero-order valence-electron chi connectivity index (χ0n) is 7.94. The largest absolute Gasteiger partial charge is 0.372 e. The molecule has 1 aromatic rings. The summed E-state index contributed by atoms with van der Waals surface area (Å²) in [5.74, 6) is 0. The fourth-order valence-corrected chi connectivity index (χ4v) is 1.51. The number of hydrogen-bond acceptors (Lipinski definition) is 2. The highest BCUT2D eigenvalue weighted by Gasteiger charge is 2.26. The van der Waals surface area contributed by atoms with Crippen LogP contribution in [-0.2, 0) is 4.74 Å². The monoisotopic (exact) mass is 183 g/mol. The van der Waals surface area contributed by atoms with Gasteiger partial charge in [-0.15, -0.1) is 0 Å². The van der Waals surface area contributed by atoms with Crippen LogP contribution in [0.2, 0.25) is 0 Å². The maximum absolute atomic E-state index is 5.66. The van der Waals surface area contributed by atoms with Crippen molar-refractivity contribution in [1.29, 1.82) is 0 Å². The molecule has 14 heavy (non-hydrogen) atoms. The highest BCUT2D eigenvalue weighted by Crippen LogP contribution is 2.20. The molecule has 2 rings (SSSR count). The Kier molecular flexibility index (Phi) is 2.66. The van der Waals surface area contributed by atoms with E-state index in [4.69, 9.17) is 20.4 Å². The molecule has 1 heterocycles. The SMILES string of the molecule is [B]C1([B])COC(c2ccccc2)CN1. The van der Waals surface area contributed by atoms with Crippen LogP contribution in [0.5, 0.6) is 0 Å². The summed E-state index contributed by atoms with van der Waals surface area (Å²) < 4.78 is 5.57. The molecule has 0 amide bonds. The van der Waals surface area contributed by atoms with Crippen LogP contribution in [0.3, 0.4) is 0 Å². The molecule has 1 fully saturated rings. The minimum Gasteiger partial charge on any atom is -0.372 e. The Labute approximate surface area is 86.9 Å². The fourth-order valence-electron chi connectivity index (χ4n) is 1.51. The Morgan fingerprint density at radius 1 is 1.29 bits per heavy atom. The minimum absolute atomic E-state index is 0.0522. The third-order valence-electron chi connectivity index (χ3n) is 2.31. The van der Waals surface area contributed by atoms with Crippen molar-refractivity contribution < 1.29 is 4.74 Å². The van der Waals surface area contributed by atoms with Gasteiger partial charge in [-0.3, -0.25) is 0 Å². The van der Waals surface area contributed by atoms with Gasteiger partial charge in [-0.05, 0) is 10.9 Å². The lowest BCUT2D eigenvalue weighted by atomic mass is 9.62. The predicted molar refractivity (Wildman–Crippen MR) is 57.4 cm³/mol. The number of nitrogens with one attached hydrogen (secondary N) is 1. The Morgan fingerprint density at radius 3 is 2.57 bits per heavy atom. The van der Waals surface area contributed by atoms with E-state index in [2.05, 4.69) is 5.32 Å². The number of ether oxygens (including phenoxy) is 1. The van der Waals surface area contributed by atoms with Crippen molar-refractivity contribution in [1.82, 2.24) is 5.32 Å². The summed E-state index contributed by atoms with van der Waals surface area (Å²) in [6, 6.07) is 10.0. The van der Waals surface area contributed by atoms with E-state index in [0.717, 1.165) is 5.56 Å². The first-order valence-corrected chi connectivity index (χ1v) is 4.67. The molecule has 0 aromatic heterocycles. The van der Waals surface area contributed by atoms with E-state index in [9.17, 15) is 0 Å². The molecule has 0 spiro atoms. The summed E-state index contributed by atoms with van der Waals surface area (Å²) in [7, 11) is 11.3. The second kappa shape index (κ2) is 3.79. The minimum atomic E-state index is -0.884. The molecule has 1 N–H and O–H groups in total. The average Bonchev–Trinajstić information content (AvgIpc) is 2.19. The van der Waals surface area contributed by atoms with Gasteiger partial charge in [0.25, 0.3) is 0 Å². The molecule has 1 unspecified atom stereocenters. The van der Waals surface area contributed by atoms with Crippen molar-refractivity contribution in [3.8, 4) is 0 Å². The first kappa shape index (κ1) is 9.81. The summed E-state index contributed by atoms with van der Waals surface area (Å²) in [4.78, 5) is 0. The maximum Gasteiger partial charge on any atom is 0.0948 e. The predicted octanol–water partition coefficient (Wildman–Crippen LogP) is 0.338. The highest BCUT2D eigenvalue weighted by atomic mass is 16.5. The van der Waals surface area contributed by atoms with Gasteiger partial charge in [0.15, 0.2) is 0 Å². The Morgan fingerprint density at radius 2 is 2.00 bits per heavy atom. The van der Waals surface area contributed by atoms with Crippen molar-refractivity contribution in [2.75, 3.05) is 13.2 Å². The van der Waals surface area contributed by atoms with Crippen molar-refractivity contribution >= 4 is 15.7 Å². The first-order chi connectivity index (χ1) is 6.67. The van der Waals surface area contributed by atoms with E-state index in [-0.39, 0.29) is 6.10 Å². The van der Waals surface area contributed by atoms with E-state index < -0.39 is 5.34 Å². The molecule has 4 radical (unpaired) electrons. The molecule has 1 atom stereocenters. The van der Waals surface area contributed by atoms with E-state index in [0.29, 0.717) is 13.2 Å². The Hall–Kier alpha value is -0.730. The van der Waals surface area contributed by atoms with E-state index >= 15 is 0 Å². The van der Waals surface area contributed by atoms with Gasteiger partial charge in [0.2, 0.25) is 0 Å². The first-order valence-electron chi connectivity index (χ1n) is 4.67. The van der Waals surface area contributed by atoms with Crippen LogP contribution in [0.4, 0.5) is 0 Å². The zero-order valence-corrected chi connectivity index (χ0v) is 7.94. The normalized spacial score (nSPS) is 25.9. The maximum atomic E-state index is 5.66. The number of rotatable bonds is 1. The molecule has 0 aliphatic carbocycles. The van der Waals surface area contributed by atoms with Crippen LogP contribution in [0.25, 0.3) is 0 Å². The van der Waals surface area contributed by atoms with Crippen LogP contribution >= 0.6 is 0 Å².